The number of likely N-dealkylation sites (N-methyl/N-ethyl adjacent to an activating group) is 1. The second-order valence-corrected chi connectivity index (χ2v) is 5.03. The van der Waals surface area contributed by atoms with E-state index in [9.17, 15) is 0 Å². The highest BCUT2D eigenvalue weighted by atomic mass is 32.1. The van der Waals surface area contributed by atoms with Gasteiger partial charge in [0.1, 0.15) is 5.69 Å². The van der Waals surface area contributed by atoms with Gasteiger partial charge >= 0.3 is 0 Å². The van der Waals surface area contributed by atoms with Crippen molar-refractivity contribution in [2.45, 2.75) is 19.4 Å². The predicted octanol–water partition coefficient (Wildman–Crippen LogP) is 2.45. The zero-order valence-corrected chi connectivity index (χ0v) is 12.7. The van der Waals surface area contributed by atoms with Gasteiger partial charge in [-0.15, -0.1) is 0 Å². The Morgan fingerprint density at radius 3 is 2.80 bits per heavy atom. The van der Waals surface area contributed by atoms with Crippen LogP contribution in [0.25, 0.3) is 0 Å². The van der Waals surface area contributed by atoms with Gasteiger partial charge in [0, 0.05) is 0 Å². The zero-order chi connectivity index (χ0) is 14.4. The van der Waals surface area contributed by atoms with Gasteiger partial charge in [-0.05, 0) is 35.4 Å². The van der Waals surface area contributed by atoms with E-state index in [0.29, 0.717) is 11.8 Å². The number of nitrogens with one attached hydrogen (secondary N) is 1. The second kappa shape index (κ2) is 7.21. The van der Waals surface area contributed by atoms with E-state index in [1.807, 2.05) is 0 Å². The molecule has 6 heteroatoms. The van der Waals surface area contributed by atoms with Gasteiger partial charge in [-0.1, -0.05) is 6.92 Å². The van der Waals surface area contributed by atoms with E-state index in [-0.39, 0.29) is 6.04 Å². The third-order valence-electron chi connectivity index (χ3n) is 2.95. The van der Waals surface area contributed by atoms with Crippen molar-refractivity contribution >= 4 is 11.3 Å². The van der Waals surface area contributed by atoms with Crippen LogP contribution in [0.15, 0.2) is 23.0 Å². The van der Waals surface area contributed by atoms with Crippen LogP contribution in [0.1, 0.15) is 24.2 Å². The fourth-order valence-corrected chi connectivity index (χ4v) is 2.69. The first-order valence-corrected chi connectivity index (χ1v) is 7.42. The lowest BCUT2D eigenvalue weighted by atomic mass is 10.1. The number of methoxy groups -OCH3 is 2. The molecule has 0 aliphatic rings. The molecule has 2 heterocycles. The van der Waals surface area contributed by atoms with E-state index in [2.05, 4.69) is 39.0 Å². The molecule has 2 aromatic heterocycles. The van der Waals surface area contributed by atoms with Crippen molar-refractivity contribution in [3.63, 3.8) is 0 Å². The van der Waals surface area contributed by atoms with Crippen LogP contribution in [-0.4, -0.2) is 30.7 Å². The number of rotatable bonds is 7. The lowest BCUT2D eigenvalue weighted by Crippen LogP contribution is -2.24. The van der Waals surface area contributed by atoms with E-state index >= 15 is 0 Å². The maximum atomic E-state index is 5.34. The Bertz CT molecular complexity index is 531. The monoisotopic (exact) mass is 293 g/mol. The molecule has 0 aliphatic heterocycles. The number of thiophene rings is 1. The molecule has 108 valence electrons. The first kappa shape index (κ1) is 14.7. The number of hydrogen-bond acceptors (Lipinski definition) is 6. The van der Waals surface area contributed by atoms with Gasteiger partial charge in [-0.25, -0.2) is 4.98 Å². The van der Waals surface area contributed by atoms with E-state index in [4.69, 9.17) is 9.47 Å². The topological polar surface area (TPSA) is 56.3 Å². The summed E-state index contributed by atoms with van der Waals surface area (Å²) in [6.45, 7) is 2.93. The zero-order valence-electron chi connectivity index (χ0n) is 11.9. The third kappa shape index (κ3) is 3.46. The Labute approximate surface area is 123 Å². The quantitative estimate of drug-likeness (QED) is 0.850. The first-order valence-electron chi connectivity index (χ1n) is 6.47. The van der Waals surface area contributed by atoms with Crippen LogP contribution >= 0.6 is 11.3 Å². The fourth-order valence-electron chi connectivity index (χ4n) is 2.01. The van der Waals surface area contributed by atoms with Crippen LogP contribution in [0.2, 0.25) is 0 Å². The van der Waals surface area contributed by atoms with Gasteiger partial charge in [0.2, 0.25) is 11.8 Å². The van der Waals surface area contributed by atoms with Gasteiger partial charge < -0.3 is 14.8 Å². The average molecular weight is 293 g/mol. The summed E-state index contributed by atoms with van der Waals surface area (Å²) in [5.74, 6) is 0.960. The van der Waals surface area contributed by atoms with Crippen molar-refractivity contribution in [3.8, 4) is 11.8 Å². The molecule has 20 heavy (non-hydrogen) atoms. The lowest BCUT2D eigenvalue weighted by Gasteiger charge is -2.18. The van der Waals surface area contributed by atoms with E-state index in [1.54, 1.807) is 31.8 Å². The van der Waals surface area contributed by atoms with Crippen molar-refractivity contribution in [1.82, 2.24) is 15.3 Å². The first-order chi connectivity index (χ1) is 9.78. The molecule has 0 fully saturated rings. The van der Waals surface area contributed by atoms with Crippen molar-refractivity contribution in [3.05, 3.63) is 34.3 Å². The molecule has 0 saturated heterocycles. The standard InChI is InChI=1S/C14H19N3O2S/c1-4-15-11(7-10-5-6-20-9-10)13-14(19-3)17-12(18-2)8-16-13/h5-6,8-9,11,15H,4,7H2,1-3H3. The molecular weight excluding hydrogens is 274 g/mol. The normalized spacial score (nSPS) is 12.2. The van der Waals surface area contributed by atoms with Gasteiger partial charge in [0.05, 0.1) is 26.5 Å². The summed E-state index contributed by atoms with van der Waals surface area (Å²) in [5, 5.41) is 7.66. The van der Waals surface area contributed by atoms with E-state index in [1.165, 1.54) is 5.56 Å². The van der Waals surface area contributed by atoms with Crippen LogP contribution in [-0.2, 0) is 6.42 Å². The van der Waals surface area contributed by atoms with E-state index in [0.717, 1.165) is 18.7 Å². The summed E-state index contributed by atoms with van der Waals surface area (Å²) in [5.41, 5.74) is 2.09. The highest BCUT2D eigenvalue weighted by Crippen LogP contribution is 2.26. The lowest BCUT2D eigenvalue weighted by molar-refractivity contribution is 0.349. The average Bonchev–Trinajstić information content (AvgIpc) is 2.99. The van der Waals surface area contributed by atoms with Gasteiger partial charge in [-0.3, -0.25) is 0 Å². The van der Waals surface area contributed by atoms with Crippen LogP contribution < -0.4 is 14.8 Å². The summed E-state index contributed by atoms with van der Waals surface area (Å²) in [4.78, 5) is 8.75. The molecule has 0 aromatic carbocycles. The minimum Gasteiger partial charge on any atom is -0.480 e. The van der Waals surface area contributed by atoms with Crippen LogP contribution in [0, 0.1) is 0 Å². The molecule has 1 N–H and O–H groups in total. The molecule has 0 saturated carbocycles. The third-order valence-corrected chi connectivity index (χ3v) is 3.68. The van der Waals surface area contributed by atoms with Gasteiger partial charge in [0.15, 0.2) is 0 Å². The smallest absolute Gasteiger partial charge is 0.240 e. The molecule has 0 bridgehead atoms. The molecule has 5 nitrogen and oxygen atoms in total. The summed E-state index contributed by atoms with van der Waals surface area (Å²) >= 11 is 1.70. The van der Waals surface area contributed by atoms with Gasteiger partial charge in [-0.2, -0.15) is 16.3 Å². The van der Waals surface area contributed by atoms with Crippen molar-refractivity contribution in [2.24, 2.45) is 0 Å². The maximum absolute atomic E-state index is 5.34. The Balaban J connectivity index is 2.28. The molecule has 0 radical (unpaired) electrons. The largest absolute Gasteiger partial charge is 0.480 e. The summed E-state index contributed by atoms with van der Waals surface area (Å²) < 4.78 is 10.4. The molecule has 0 spiro atoms. The maximum Gasteiger partial charge on any atom is 0.240 e. The minimum absolute atomic E-state index is 0.0722. The number of ether oxygens (including phenoxy) is 2. The van der Waals surface area contributed by atoms with E-state index < -0.39 is 0 Å². The molecule has 1 atom stereocenters. The highest BCUT2D eigenvalue weighted by molar-refractivity contribution is 7.07. The number of aromatic nitrogens is 2. The Hall–Kier alpha value is -1.66. The molecule has 2 aromatic rings. The molecule has 0 aliphatic carbocycles. The number of hydrogen-bond donors (Lipinski definition) is 1. The summed E-state index contributed by atoms with van der Waals surface area (Å²) in [6, 6.07) is 2.20. The van der Waals surface area contributed by atoms with Crippen molar-refractivity contribution in [2.75, 3.05) is 20.8 Å². The van der Waals surface area contributed by atoms with Crippen molar-refractivity contribution in [1.29, 1.82) is 0 Å². The SMILES string of the molecule is CCNC(Cc1ccsc1)c1ncc(OC)nc1OC. The summed E-state index contributed by atoms with van der Waals surface area (Å²) in [6.07, 6.45) is 2.48. The number of nitrogens with zero attached hydrogens (tertiary/aromatic N) is 2. The molecule has 1 unspecified atom stereocenters. The second-order valence-electron chi connectivity index (χ2n) is 4.25. The predicted molar refractivity (Wildman–Crippen MR) is 79.6 cm³/mol. The van der Waals surface area contributed by atoms with Crippen molar-refractivity contribution < 1.29 is 9.47 Å². The van der Waals surface area contributed by atoms with Gasteiger partial charge in [0.25, 0.3) is 0 Å². The Kier molecular flexibility index (Phi) is 5.31. The molecular formula is C14H19N3O2S. The minimum atomic E-state index is 0.0722. The summed E-state index contributed by atoms with van der Waals surface area (Å²) in [7, 11) is 3.16. The van der Waals surface area contributed by atoms with Crippen LogP contribution in [0.4, 0.5) is 0 Å². The fraction of sp³-hybridized carbons (Fsp3) is 0.429. The van der Waals surface area contributed by atoms with Crippen LogP contribution in [0.5, 0.6) is 11.8 Å². The Morgan fingerprint density at radius 2 is 2.20 bits per heavy atom. The highest BCUT2D eigenvalue weighted by Gasteiger charge is 2.19. The van der Waals surface area contributed by atoms with Crippen LogP contribution in [0.3, 0.4) is 0 Å². The molecule has 2 rings (SSSR count). The Morgan fingerprint density at radius 1 is 1.35 bits per heavy atom. The molecule has 0 amide bonds.